The largest absolute Gasteiger partial charge is 0.326 e. The molecule has 0 spiro atoms. The average molecular weight is 490 g/mol. The van der Waals surface area contributed by atoms with E-state index in [1.165, 1.54) is 6.92 Å². The second kappa shape index (κ2) is 10.4. The van der Waals surface area contributed by atoms with Crippen molar-refractivity contribution in [2.75, 3.05) is 16.0 Å². The van der Waals surface area contributed by atoms with Crippen molar-refractivity contribution in [3.05, 3.63) is 82.9 Å². The van der Waals surface area contributed by atoms with E-state index in [1.54, 1.807) is 54.2 Å². The summed E-state index contributed by atoms with van der Waals surface area (Å²) in [6, 6.07) is 15.7. The van der Waals surface area contributed by atoms with Gasteiger partial charge in [-0.15, -0.1) is 0 Å². The van der Waals surface area contributed by atoms with E-state index in [4.69, 9.17) is 11.6 Å². The summed E-state index contributed by atoms with van der Waals surface area (Å²) < 4.78 is 1.57. The lowest BCUT2D eigenvalue weighted by molar-refractivity contribution is -0.114. The van der Waals surface area contributed by atoms with E-state index in [2.05, 4.69) is 21.0 Å². The number of anilines is 3. The molecule has 0 aliphatic heterocycles. The first-order chi connectivity index (χ1) is 16.8. The molecule has 3 amide bonds. The van der Waals surface area contributed by atoms with Crippen molar-refractivity contribution >= 4 is 46.5 Å². The number of hydrogen-bond donors (Lipinski definition) is 3. The summed E-state index contributed by atoms with van der Waals surface area (Å²) >= 11 is 6.14. The van der Waals surface area contributed by atoms with Crippen LogP contribution in [0.15, 0.2) is 77.4 Å². The smallest absolute Gasteiger partial charge is 0.256 e. The van der Waals surface area contributed by atoms with Gasteiger partial charge in [0.25, 0.3) is 11.8 Å². The van der Waals surface area contributed by atoms with Crippen molar-refractivity contribution in [3.63, 3.8) is 0 Å². The average Bonchev–Trinajstić information content (AvgIpc) is 3.19. The zero-order valence-corrected chi connectivity index (χ0v) is 20.0. The third-order valence-corrected chi connectivity index (χ3v) is 5.70. The number of halogens is 1. The minimum atomic E-state index is -0.324. The van der Waals surface area contributed by atoms with Gasteiger partial charge in [0.2, 0.25) is 5.91 Å². The first kappa shape index (κ1) is 24.0. The van der Waals surface area contributed by atoms with Crippen LogP contribution in [0.25, 0.3) is 11.3 Å². The lowest BCUT2D eigenvalue weighted by Gasteiger charge is -2.11. The second-order valence-corrected chi connectivity index (χ2v) is 8.44. The Morgan fingerprint density at radius 2 is 1.63 bits per heavy atom. The van der Waals surface area contributed by atoms with Gasteiger partial charge in [0, 0.05) is 47.6 Å². The molecule has 4 rings (SSSR count). The van der Waals surface area contributed by atoms with Crippen LogP contribution in [0.1, 0.15) is 30.1 Å². The summed E-state index contributed by atoms with van der Waals surface area (Å²) in [5.41, 5.74) is 3.55. The highest BCUT2D eigenvalue weighted by Gasteiger charge is 2.16. The molecule has 2 aromatic carbocycles. The molecule has 0 saturated heterocycles. The van der Waals surface area contributed by atoms with Crippen molar-refractivity contribution < 1.29 is 14.4 Å². The van der Waals surface area contributed by atoms with E-state index in [-0.39, 0.29) is 17.7 Å². The van der Waals surface area contributed by atoms with Gasteiger partial charge in [-0.3, -0.25) is 19.1 Å². The van der Waals surface area contributed by atoms with Gasteiger partial charge in [-0.2, -0.15) is 5.10 Å². The van der Waals surface area contributed by atoms with Gasteiger partial charge < -0.3 is 16.0 Å². The summed E-state index contributed by atoms with van der Waals surface area (Å²) in [5.74, 6) is -0.271. The highest BCUT2D eigenvalue weighted by atomic mass is 35.5. The third-order valence-electron chi connectivity index (χ3n) is 5.35. The van der Waals surface area contributed by atoms with Crippen LogP contribution >= 0.6 is 11.6 Å². The molecule has 1 aliphatic carbocycles. The topological polar surface area (TPSA) is 105 Å². The molecular formula is C26H24ClN5O3. The number of hydrogen-bond acceptors (Lipinski definition) is 4. The van der Waals surface area contributed by atoms with Crippen LogP contribution in [0.5, 0.6) is 0 Å². The SMILES string of the molecule is CC(=O)Nc1cccc(C(=O)Nc2cc(-c3ccc(NC(=O)C4=CCCC=C4Cl)cc3)nn2C)c1. The Balaban J connectivity index is 1.44. The van der Waals surface area contributed by atoms with E-state index in [1.807, 2.05) is 24.3 Å². The number of carbonyl (C=O) groups excluding carboxylic acids is 3. The molecule has 178 valence electrons. The molecule has 8 nitrogen and oxygen atoms in total. The minimum absolute atomic E-state index is 0.212. The van der Waals surface area contributed by atoms with Crippen molar-refractivity contribution in [1.29, 1.82) is 0 Å². The maximum Gasteiger partial charge on any atom is 0.256 e. The fourth-order valence-corrected chi connectivity index (χ4v) is 3.90. The second-order valence-electron chi connectivity index (χ2n) is 8.03. The fourth-order valence-electron chi connectivity index (χ4n) is 3.62. The number of nitrogens with zero attached hydrogens (tertiary/aromatic N) is 2. The molecule has 9 heteroatoms. The van der Waals surface area contributed by atoms with Crippen molar-refractivity contribution in [1.82, 2.24) is 9.78 Å². The maximum absolute atomic E-state index is 12.7. The Morgan fingerprint density at radius 3 is 2.34 bits per heavy atom. The number of nitrogens with one attached hydrogen (secondary N) is 3. The Hall–Kier alpha value is -4.17. The molecule has 0 radical (unpaired) electrons. The lowest BCUT2D eigenvalue weighted by atomic mass is 10.1. The first-order valence-corrected chi connectivity index (χ1v) is 11.4. The summed E-state index contributed by atoms with van der Waals surface area (Å²) in [5, 5.41) is 13.3. The zero-order valence-electron chi connectivity index (χ0n) is 19.3. The molecule has 3 N–H and O–H groups in total. The van der Waals surface area contributed by atoms with Crippen molar-refractivity contribution in [2.45, 2.75) is 19.8 Å². The zero-order chi connectivity index (χ0) is 24.9. The number of aromatic nitrogens is 2. The molecule has 3 aromatic rings. The van der Waals surface area contributed by atoms with Crippen LogP contribution < -0.4 is 16.0 Å². The summed E-state index contributed by atoms with van der Waals surface area (Å²) in [4.78, 5) is 36.5. The highest BCUT2D eigenvalue weighted by molar-refractivity contribution is 6.36. The Morgan fingerprint density at radius 1 is 0.886 bits per heavy atom. The molecule has 0 atom stereocenters. The molecule has 0 bridgehead atoms. The number of aryl methyl sites for hydroxylation is 1. The fraction of sp³-hybridized carbons (Fsp3) is 0.154. The standard InChI is InChI=1S/C26H24ClN5O3/c1-16(33)28-20-7-5-6-18(14-20)25(34)30-24-15-23(31-32(24)2)17-10-12-19(13-11-17)29-26(35)21-8-3-4-9-22(21)27/h5-15H,3-4H2,1-2H3,(H,28,33)(H,29,35)(H,30,34). The number of amides is 3. The minimum Gasteiger partial charge on any atom is -0.326 e. The number of allylic oxidation sites excluding steroid dienone is 2. The van der Waals surface area contributed by atoms with Crippen LogP contribution in [0.3, 0.4) is 0 Å². The van der Waals surface area contributed by atoms with Gasteiger partial charge in [-0.25, -0.2) is 0 Å². The molecule has 0 saturated carbocycles. The predicted molar refractivity (Wildman–Crippen MR) is 137 cm³/mol. The van der Waals surface area contributed by atoms with Gasteiger partial charge >= 0.3 is 0 Å². The van der Waals surface area contributed by atoms with E-state index < -0.39 is 0 Å². The molecule has 1 aliphatic rings. The quantitative estimate of drug-likeness (QED) is 0.449. The van der Waals surface area contributed by atoms with E-state index in [0.29, 0.717) is 39.1 Å². The summed E-state index contributed by atoms with van der Waals surface area (Å²) in [7, 11) is 1.73. The van der Waals surface area contributed by atoms with E-state index >= 15 is 0 Å². The Kier molecular flexibility index (Phi) is 7.12. The Labute approximate surface area is 207 Å². The molecule has 0 fully saturated rings. The molecule has 1 aromatic heterocycles. The van der Waals surface area contributed by atoms with Crippen molar-refractivity contribution in [3.8, 4) is 11.3 Å². The number of rotatable bonds is 6. The van der Waals surface area contributed by atoms with Crippen molar-refractivity contribution in [2.24, 2.45) is 7.05 Å². The van der Waals surface area contributed by atoms with Crippen LogP contribution in [-0.2, 0) is 16.6 Å². The van der Waals surface area contributed by atoms with Crippen LogP contribution in [0.2, 0.25) is 0 Å². The van der Waals surface area contributed by atoms with Gasteiger partial charge in [0.1, 0.15) is 5.82 Å². The van der Waals surface area contributed by atoms with E-state index in [9.17, 15) is 14.4 Å². The molecular weight excluding hydrogens is 466 g/mol. The highest BCUT2D eigenvalue weighted by Crippen LogP contribution is 2.26. The molecule has 0 unspecified atom stereocenters. The van der Waals surface area contributed by atoms with Crippen LogP contribution in [-0.4, -0.2) is 27.5 Å². The molecule has 35 heavy (non-hydrogen) atoms. The third kappa shape index (κ3) is 5.85. The van der Waals surface area contributed by atoms with Crippen LogP contribution in [0.4, 0.5) is 17.2 Å². The predicted octanol–water partition coefficient (Wildman–Crippen LogP) is 5.08. The van der Waals surface area contributed by atoms with Gasteiger partial charge in [0.15, 0.2) is 0 Å². The van der Waals surface area contributed by atoms with Gasteiger partial charge in [-0.1, -0.05) is 42.0 Å². The van der Waals surface area contributed by atoms with Gasteiger partial charge in [-0.05, 0) is 43.2 Å². The summed E-state index contributed by atoms with van der Waals surface area (Å²) in [6.07, 6.45) is 5.31. The maximum atomic E-state index is 12.7. The number of benzene rings is 2. The van der Waals surface area contributed by atoms with Gasteiger partial charge in [0.05, 0.1) is 11.3 Å². The monoisotopic (exact) mass is 489 g/mol. The van der Waals surface area contributed by atoms with Crippen LogP contribution in [0, 0.1) is 0 Å². The first-order valence-electron chi connectivity index (χ1n) is 11.0. The molecule has 1 heterocycles. The van der Waals surface area contributed by atoms with E-state index in [0.717, 1.165) is 18.4 Å². The lowest BCUT2D eigenvalue weighted by Crippen LogP contribution is -2.15. The number of carbonyl (C=O) groups is 3. The normalized spacial score (nSPS) is 12.9. The Bertz CT molecular complexity index is 1360. The summed E-state index contributed by atoms with van der Waals surface area (Å²) in [6.45, 7) is 1.41.